The highest BCUT2D eigenvalue weighted by Crippen LogP contribution is 2.22. The highest BCUT2D eigenvalue weighted by molar-refractivity contribution is 6.05. The van der Waals surface area contributed by atoms with E-state index in [2.05, 4.69) is 0 Å². The van der Waals surface area contributed by atoms with Gasteiger partial charge in [0, 0.05) is 6.42 Å². The summed E-state index contributed by atoms with van der Waals surface area (Å²) >= 11 is 0. The van der Waals surface area contributed by atoms with Crippen LogP contribution in [-0.2, 0) is 19.1 Å². The van der Waals surface area contributed by atoms with Gasteiger partial charge in [-0.3, -0.25) is 14.4 Å². The fourth-order valence-electron chi connectivity index (χ4n) is 0.988. The first-order valence-corrected chi connectivity index (χ1v) is 5.28. The highest BCUT2D eigenvalue weighted by Gasteiger charge is 2.37. The molecule has 0 aromatic heterocycles. The van der Waals surface area contributed by atoms with Crippen molar-refractivity contribution in [3.05, 3.63) is 12.2 Å². The summed E-state index contributed by atoms with van der Waals surface area (Å²) in [5.74, 6) is -1.09. The largest absolute Gasteiger partial charge is 0.465 e. The van der Waals surface area contributed by atoms with Crippen molar-refractivity contribution in [2.75, 3.05) is 6.61 Å². The summed E-state index contributed by atoms with van der Waals surface area (Å²) in [6.07, 6.45) is 2.92. The van der Waals surface area contributed by atoms with E-state index in [4.69, 9.17) is 4.74 Å². The van der Waals surface area contributed by atoms with Gasteiger partial charge in [-0.2, -0.15) is 0 Å². The van der Waals surface area contributed by atoms with Gasteiger partial charge in [-0.15, -0.1) is 0 Å². The standard InChI is InChI=1S/C12H18O4/c1-5-10(14)7-8-12(4,9(3)13)11(15)16-6-2/h7-8H,5-6H2,1-4H3/b8-7+. The summed E-state index contributed by atoms with van der Waals surface area (Å²) in [6.45, 7) is 6.34. The topological polar surface area (TPSA) is 60.4 Å². The fraction of sp³-hybridized carbons (Fsp3) is 0.583. The summed E-state index contributed by atoms with van der Waals surface area (Å²) < 4.78 is 4.81. The van der Waals surface area contributed by atoms with Crippen LogP contribution in [0, 0.1) is 5.41 Å². The molecule has 0 aliphatic rings. The van der Waals surface area contributed by atoms with Gasteiger partial charge < -0.3 is 4.74 Å². The maximum Gasteiger partial charge on any atom is 0.323 e. The Hall–Kier alpha value is -1.45. The molecule has 0 aliphatic carbocycles. The molecule has 0 aliphatic heterocycles. The number of ether oxygens (including phenoxy) is 1. The predicted molar refractivity (Wildman–Crippen MR) is 59.9 cm³/mol. The molecule has 1 unspecified atom stereocenters. The Kier molecular flexibility index (Phi) is 5.64. The van der Waals surface area contributed by atoms with E-state index in [1.54, 1.807) is 13.8 Å². The van der Waals surface area contributed by atoms with E-state index in [1.165, 1.54) is 26.0 Å². The molecule has 4 nitrogen and oxygen atoms in total. The van der Waals surface area contributed by atoms with Gasteiger partial charge in [0.25, 0.3) is 0 Å². The normalized spacial score (nSPS) is 14.5. The zero-order valence-electron chi connectivity index (χ0n) is 10.2. The molecule has 0 amide bonds. The van der Waals surface area contributed by atoms with Crippen LogP contribution in [0.15, 0.2) is 12.2 Å². The van der Waals surface area contributed by atoms with Crippen molar-refractivity contribution in [1.29, 1.82) is 0 Å². The Morgan fingerprint density at radius 1 is 1.25 bits per heavy atom. The zero-order chi connectivity index (χ0) is 12.8. The number of rotatable bonds is 6. The lowest BCUT2D eigenvalue weighted by molar-refractivity contribution is -0.155. The average Bonchev–Trinajstić information content (AvgIpc) is 2.25. The molecule has 0 saturated heterocycles. The number of hydrogen-bond donors (Lipinski definition) is 0. The molecule has 4 heteroatoms. The number of carbonyl (C=O) groups excluding carboxylic acids is 3. The van der Waals surface area contributed by atoms with Gasteiger partial charge in [0.2, 0.25) is 0 Å². The highest BCUT2D eigenvalue weighted by atomic mass is 16.5. The second-order valence-corrected chi connectivity index (χ2v) is 3.63. The molecule has 0 rings (SSSR count). The van der Waals surface area contributed by atoms with Crippen LogP contribution in [0.5, 0.6) is 0 Å². The quantitative estimate of drug-likeness (QED) is 0.393. The third-order valence-corrected chi connectivity index (χ3v) is 2.38. The van der Waals surface area contributed by atoms with Crippen LogP contribution >= 0.6 is 0 Å². The Morgan fingerprint density at radius 3 is 2.19 bits per heavy atom. The van der Waals surface area contributed by atoms with Gasteiger partial charge in [0.15, 0.2) is 11.6 Å². The van der Waals surface area contributed by atoms with Gasteiger partial charge in [0.05, 0.1) is 6.61 Å². The molecule has 0 heterocycles. The molecule has 0 radical (unpaired) electrons. The van der Waals surface area contributed by atoms with Crippen molar-refractivity contribution in [2.45, 2.75) is 34.1 Å². The zero-order valence-corrected chi connectivity index (χ0v) is 10.2. The molecule has 0 N–H and O–H groups in total. The van der Waals surface area contributed by atoms with Gasteiger partial charge in [-0.05, 0) is 26.8 Å². The number of ketones is 2. The minimum atomic E-state index is -1.36. The van der Waals surface area contributed by atoms with Crippen LogP contribution < -0.4 is 0 Å². The number of Topliss-reactive ketones (excluding diaryl/α,β-unsaturated/α-hetero) is 1. The number of hydrogen-bond acceptors (Lipinski definition) is 4. The third kappa shape index (κ3) is 3.61. The average molecular weight is 226 g/mol. The molecule has 0 aromatic rings. The number of allylic oxidation sites excluding steroid dienone is 1. The van der Waals surface area contributed by atoms with Crippen molar-refractivity contribution in [3.63, 3.8) is 0 Å². The molecule has 1 atom stereocenters. The number of carbonyl (C=O) groups is 3. The van der Waals surface area contributed by atoms with Gasteiger partial charge in [-0.25, -0.2) is 0 Å². The first kappa shape index (κ1) is 14.6. The first-order valence-electron chi connectivity index (χ1n) is 5.28. The van der Waals surface area contributed by atoms with Crippen LogP contribution in [0.25, 0.3) is 0 Å². The van der Waals surface area contributed by atoms with E-state index in [9.17, 15) is 14.4 Å². The van der Waals surface area contributed by atoms with E-state index >= 15 is 0 Å². The minimum absolute atomic E-state index is 0.128. The molecule has 0 bridgehead atoms. The van der Waals surface area contributed by atoms with Crippen LogP contribution in [0.2, 0.25) is 0 Å². The molecule has 16 heavy (non-hydrogen) atoms. The molecule has 0 saturated carbocycles. The van der Waals surface area contributed by atoms with Crippen molar-refractivity contribution in [3.8, 4) is 0 Å². The lowest BCUT2D eigenvalue weighted by Gasteiger charge is -2.19. The van der Waals surface area contributed by atoms with Crippen molar-refractivity contribution < 1.29 is 19.1 Å². The lowest BCUT2D eigenvalue weighted by atomic mass is 9.85. The van der Waals surface area contributed by atoms with Crippen LogP contribution in [0.4, 0.5) is 0 Å². The summed E-state index contributed by atoms with van der Waals surface area (Å²) in [5, 5.41) is 0. The molecular weight excluding hydrogens is 208 g/mol. The summed E-state index contributed by atoms with van der Waals surface area (Å²) in [6, 6.07) is 0. The van der Waals surface area contributed by atoms with E-state index in [0.29, 0.717) is 6.42 Å². The Bertz CT molecular complexity index is 317. The predicted octanol–water partition coefficient (Wildman–Crippen LogP) is 1.68. The Labute approximate surface area is 95.7 Å². The van der Waals surface area contributed by atoms with Crippen molar-refractivity contribution in [2.24, 2.45) is 5.41 Å². The maximum absolute atomic E-state index is 11.6. The molecule has 0 spiro atoms. The smallest absolute Gasteiger partial charge is 0.323 e. The van der Waals surface area contributed by atoms with E-state index < -0.39 is 11.4 Å². The van der Waals surface area contributed by atoms with Crippen molar-refractivity contribution in [1.82, 2.24) is 0 Å². The van der Waals surface area contributed by atoms with E-state index in [0.717, 1.165) is 0 Å². The monoisotopic (exact) mass is 226 g/mol. The summed E-state index contributed by atoms with van der Waals surface area (Å²) in [4.78, 5) is 34.1. The van der Waals surface area contributed by atoms with E-state index in [-0.39, 0.29) is 18.2 Å². The molecular formula is C12H18O4. The second kappa shape index (κ2) is 6.20. The molecule has 0 fully saturated rings. The summed E-state index contributed by atoms with van der Waals surface area (Å²) in [5.41, 5.74) is -1.36. The van der Waals surface area contributed by atoms with Crippen LogP contribution in [0.3, 0.4) is 0 Å². The summed E-state index contributed by atoms with van der Waals surface area (Å²) in [7, 11) is 0. The lowest BCUT2D eigenvalue weighted by Crippen LogP contribution is -2.34. The molecule has 90 valence electrons. The molecule has 0 aromatic carbocycles. The SMILES string of the molecule is CCOC(=O)C(C)(/C=C/C(=O)CC)C(C)=O. The van der Waals surface area contributed by atoms with Crippen LogP contribution in [-0.4, -0.2) is 24.1 Å². The maximum atomic E-state index is 11.6. The fourth-order valence-corrected chi connectivity index (χ4v) is 0.988. The number of esters is 1. The Morgan fingerprint density at radius 2 is 1.81 bits per heavy atom. The van der Waals surface area contributed by atoms with Gasteiger partial charge in [-0.1, -0.05) is 13.0 Å². The first-order chi connectivity index (χ1) is 7.38. The van der Waals surface area contributed by atoms with E-state index in [1.807, 2.05) is 0 Å². The third-order valence-electron chi connectivity index (χ3n) is 2.38. The second-order valence-electron chi connectivity index (χ2n) is 3.63. The van der Waals surface area contributed by atoms with Gasteiger partial charge >= 0.3 is 5.97 Å². The Balaban J connectivity index is 4.98. The van der Waals surface area contributed by atoms with Crippen molar-refractivity contribution >= 4 is 17.5 Å². The van der Waals surface area contributed by atoms with Gasteiger partial charge in [0.1, 0.15) is 5.41 Å². The minimum Gasteiger partial charge on any atom is -0.465 e. The van der Waals surface area contributed by atoms with Crippen LogP contribution in [0.1, 0.15) is 34.1 Å².